The van der Waals surface area contributed by atoms with Crippen LogP contribution >= 0.6 is 0 Å². The van der Waals surface area contributed by atoms with E-state index >= 15 is 0 Å². The smallest absolute Gasteiger partial charge is 0.410 e. The molecule has 1 unspecified atom stereocenters. The molecule has 0 N–H and O–H groups in total. The number of carbonyl (C=O) groups is 1. The van der Waals surface area contributed by atoms with E-state index in [4.69, 9.17) is 4.74 Å². The Morgan fingerprint density at radius 1 is 1.21 bits per heavy atom. The van der Waals surface area contributed by atoms with Crippen molar-refractivity contribution in [2.24, 2.45) is 0 Å². The molecule has 0 saturated carbocycles. The minimum atomic E-state index is -0.164. The third-order valence-corrected chi connectivity index (χ3v) is 2.12. The zero-order chi connectivity index (χ0) is 11.0. The Labute approximate surface area is 87.4 Å². The summed E-state index contributed by atoms with van der Waals surface area (Å²) in [7, 11) is 0. The van der Waals surface area contributed by atoms with Gasteiger partial charge in [-0.15, -0.1) is 0 Å². The molecule has 0 aromatic rings. The molecule has 0 aliphatic rings. The van der Waals surface area contributed by atoms with E-state index in [0.29, 0.717) is 0 Å². The van der Waals surface area contributed by atoms with Gasteiger partial charge < -0.3 is 9.64 Å². The van der Waals surface area contributed by atoms with Crippen molar-refractivity contribution < 1.29 is 9.53 Å². The van der Waals surface area contributed by atoms with Crippen molar-refractivity contribution in [2.45, 2.75) is 53.1 Å². The fourth-order valence-corrected chi connectivity index (χ4v) is 1.16. The minimum absolute atomic E-state index is 0.0266. The lowest BCUT2D eigenvalue weighted by Crippen LogP contribution is -2.34. The first-order valence-corrected chi connectivity index (χ1v) is 5.61. The van der Waals surface area contributed by atoms with E-state index < -0.39 is 0 Å². The number of ether oxygens (including phenoxy) is 1. The van der Waals surface area contributed by atoms with Crippen molar-refractivity contribution in [3.8, 4) is 0 Å². The normalized spacial score (nSPS) is 12.3. The molecule has 0 aromatic carbocycles. The molecule has 0 heterocycles. The molecule has 3 heteroatoms. The summed E-state index contributed by atoms with van der Waals surface area (Å²) in [6, 6.07) is 0. The van der Waals surface area contributed by atoms with Gasteiger partial charge in [-0.1, -0.05) is 20.8 Å². The highest BCUT2D eigenvalue weighted by atomic mass is 16.6. The molecule has 84 valence electrons. The molecule has 0 rings (SSSR count). The molecule has 0 radical (unpaired) electrons. The van der Waals surface area contributed by atoms with Gasteiger partial charge >= 0.3 is 6.09 Å². The SMILES string of the molecule is CCCN(CCC)C(=O)OC(C)CC. The predicted molar refractivity (Wildman–Crippen MR) is 58.4 cm³/mol. The highest BCUT2D eigenvalue weighted by Gasteiger charge is 2.14. The Morgan fingerprint density at radius 3 is 2.07 bits per heavy atom. The molecule has 0 fully saturated rings. The highest BCUT2D eigenvalue weighted by Crippen LogP contribution is 2.03. The topological polar surface area (TPSA) is 29.5 Å². The number of hydrogen-bond donors (Lipinski definition) is 0. The summed E-state index contributed by atoms with van der Waals surface area (Å²) >= 11 is 0. The van der Waals surface area contributed by atoms with Gasteiger partial charge in [-0.05, 0) is 26.2 Å². The van der Waals surface area contributed by atoms with Crippen LogP contribution < -0.4 is 0 Å². The van der Waals surface area contributed by atoms with Gasteiger partial charge in [0.15, 0.2) is 0 Å². The third-order valence-electron chi connectivity index (χ3n) is 2.12. The maximum Gasteiger partial charge on any atom is 0.410 e. The van der Waals surface area contributed by atoms with E-state index in [2.05, 4.69) is 13.8 Å². The molecule has 0 spiro atoms. The van der Waals surface area contributed by atoms with Crippen molar-refractivity contribution in [3.05, 3.63) is 0 Å². The first kappa shape index (κ1) is 13.3. The second kappa shape index (κ2) is 7.65. The molecule has 14 heavy (non-hydrogen) atoms. The summed E-state index contributed by atoms with van der Waals surface area (Å²) in [5.74, 6) is 0. The summed E-state index contributed by atoms with van der Waals surface area (Å²) in [5, 5.41) is 0. The van der Waals surface area contributed by atoms with Crippen molar-refractivity contribution in [3.63, 3.8) is 0 Å². The molecule has 3 nitrogen and oxygen atoms in total. The Bertz CT molecular complexity index is 153. The second-order valence-electron chi connectivity index (χ2n) is 3.59. The molecular weight excluding hydrogens is 178 g/mol. The fraction of sp³-hybridized carbons (Fsp3) is 0.909. The largest absolute Gasteiger partial charge is 0.446 e. The molecular formula is C11H23NO2. The van der Waals surface area contributed by atoms with E-state index in [9.17, 15) is 4.79 Å². The lowest BCUT2D eigenvalue weighted by molar-refractivity contribution is 0.0683. The van der Waals surface area contributed by atoms with Crippen molar-refractivity contribution in [1.82, 2.24) is 4.90 Å². The average Bonchev–Trinajstić information content (AvgIpc) is 2.17. The highest BCUT2D eigenvalue weighted by molar-refractivity contribution is 5.67. The fourth-order valence-electron chi connectivity index (χ4n) is 1.16. The third kappa shape index (κ3) is 5.10. The van der Waals surface area contributed by atoms with Crippen LogP contribution in [0.1, 0.15) is 47.0 Å². The van der Waals surface area contributed by atoms with Crippen LogP contribution in [0.2, 0.25) is 0 Å². The zero-order valence-corrected chi connectivity index (χ0v) is 9.88. The van der Waals surface area contributed by atoms with E-state index in [1.807, 2.05) is 13.8 Å². The first-order chi connectivity index (χ1) is 6.65. The average molecular weight is 201 g/mol. The van der Waals surface area contributed by atoms with Gasteiger partial charge in [-0.25, -0.2) is 4.79 Å². The van der Waals surface area contributed by atoms with Crippen molar-refractivity contribution >= 4 is 6.09 Å². The van der Waals surface area contributed by atoms with Crippen LogP contribution in [0.25, 0.3) is 0 Å². The van der Waals surface area contributed by atoms with Crippen LogP contribution in [0.3, 0.4) is 0 Å². The second-order valence-corrected chi connectivity index (χ2v) is 3.59. The molecule has 1 amide bonds. The quantitative estimate of drug-likeness (QED) is 0.661. The molecule has 0 aliphatic carbocycles. The maximum absolute atomic E-state index is 11.6. The number of hydrogen-bond acceptors (Lipinski definition) is 2. The van der Waals surface area contributed by atoms with Crippen molar-refractivity contribution in [1.29, 1.82) is 0 Å². The maximum atomic E-state index is 11.6. The van der Waals surface area contributed by atoms with Crippen LogP contribution in [0, 0.1) is 0 Å². The Balaban J connectivity index is 4.00. The Kier molecular flexibility index (Phi) is 7.25. The molecule has 0 bridgehead atoms. The van der Waals surface area contributed by atoms with Gasteiger partial charge in [0.25, 0.3) is 0 Å². The van der Waals surface area contributed by atoms with E-state index in [0.717, 1.165) is 32.4 Å². The van der Waals surface area contributed by atoms with Crippen LogP contribution in [0.15, 0.2) is 0 Å². The first-order valence-electron chi connectivity index (χ1n) is 5.61. The molecule has 0 aromatic heterocycles. The molecule has 1 atom stereocenters. The number of amides is 1. The van der Waals surface area contributed by atoms with Gasteiger partial charge in [0, 0.05) is 13.1 Å². The minimum Gasteiger partial charge on any atom is -0.446 e. The Morgan fingerprint density at radius 2 is 1.71 bits per heavy atom. The Hall–Kier alpha value is -0.730. The van der Waals surface area contributed by atoms with Crippen LogP contribution in [-0.2, 0) is 4.74 Å². The summed E-state index contributed by atoms with van der Waals surface area (Å²) in [4.78, 5) is 13.4. The van der Waals surface area contributed by atoms with Gasteiger partial charge in [-0.3, -0.25) is 0 Å². The monoisotopic (exact) mass is 201 g/mol. The van der Waals surface area contributed by atoms with Crippen molar-refractivity contribution in [2.75, 3.05) is 13.1 Å². The lowest BCUT2D eigenvalue weighted by atomic mass is 10.3. The summed E-state index contributed by atoms with van der Waals surface area (Å²) in [6.07, 6.45) is 2.70. The van der Waals surface area contributed by atoms with Crippen LogP contribution in [-0.4, -0.2) is 30.2 Å². The number of nitrogens with zero attached hydrogens (tertiary/aromatic N) is 1. The van der Waals surface area contributed by atoms with E-state index in [1.54, 1.807) is 4.90 Å². The van der Waals surface area contributed by atoms with E-state index in [1.165, 1.54) is 0 Å². The summed E-state index contributed by atoms with van der Waals surface area (Å²) in [5.41, 5.74) is 0. The van der Waals surface area contributed by atoms with Crippen LogP contribution in [0.4, 0.5) is 4.79 Å². The standard InChI is InChI=1S/C11H23NO2/c1-5-8-12(9-6-2)11(13)14-10(4)7-3/h10H,5-9H2,1-4H3. The summed E-state index contributed by atoms with van der Waals surface area (Å²) in [6.45, 7) is 9.67. The summed E-state index contributed by atoms with van der Waals surface area (Å²) < 4.78 is 5.25. The number of rotatable bonds is 6. The van der Waals surface area contributed by atoms with Gasteiger partial charge in [0.2, 0.25) is 0 Å². The van der Waals surface area contributed by atoms with Gasteiger partial charge in [-0.2, -0.15) is 0 Å². The van der Waals surface area contributed by atoms with E-state index in [-0.39, 0.29) is 12.2 Å². The van der Waals surface area contributed by atoms with Gasteiger partial charge in [0.05, 0.1) is 0 Å². The number of carbonyl (C=O) groups excluding carboxylic acids is 1. The molecule has 0 aliphatic heterocycles. The predicted octanol–water partition coefficient (Wildman–Crippen LogP) is 3.04. The molecule has 0 saturated heterocycles. The van der Waals surface area contributed by atoms with Gasteiger partial charge in [0.1, 0.15) is 6.10 Å². The zero-order valence-electron chi connectivity index (χ0n) is 9.88. The lowest BCUT2D eigenvalue weighted by Gasteiger charge is -2.22. The van der Waals surface area contributed by atoms with Crippen LogP contribution in [0.5, 0.6) is 0 Å².